The molecule has 1 aromatic carbocycles. The quantitative estimate of drug-likeness (QED) is 0.833. The summed E-state index contributed by atoms with van der Waals surface area (Å²) in [5.74, 6) is 0. The van der Waals surface area contributed by atoms with E-state index in [1.165, 1.54) is 11.3 Å². The van der Waals surface area contributed by atoms with E-state index in [9.17, 15) is 0 Å². The van der Waals surface area contributed by atoms with Crippen molar-refractivity contribution in [3.63, 3.8) is 0 Å². The minimum atomic E-state index is 0.506. The Morgan fingerprint density at radius 1 is 1.35 bits per heavy atom. The molecule has 1 N–H and O–H groups in total. The van der Waals surface area contributed by atoms with E-state index < -0.39 is 0 Å². The van der Waals surface area contributed by atoms with Gasteiger partial charge in [-0.1, -0.05) is 18.5 Å². The van der Waals surface area contributed by atoms with Crippen LogP contribution in [-0.4, -0.2) is 19.6 Å². The van der Waals surface area contributed by atoms with Crippen molar-refractivity contribution in [3.8, 4) is 0 Å². The lowest BCUT2D eigenvalue weighted by Gasteiger charge is -2.30. The molecule has 1 rings (SSSR count). The molecular weight excluding hydrogens is 232 g/mol. The molecule has 0 radical (unpaired) electrons. The Morgan fingerprint density at radius 3 is 2.59 bits per heavy atom. The lowest BCUT2D eigenvalue weighted by atomic mass is 10.1. The Bertz CT molecular complexity index is 350. The average molecular weight is 255 g/mol. The number of anilines is 1. The Hall–Kier alpha value is -0.730. The van der Waals surface area contributed by atoms with E-state index >= 15 is 0 Å². The molecule has 0 atom stereocenters. The summed E-state index contributed by atoms with van der Waals surface area (Å²) >= 11 is 6.07. The molecule has 0 heterocycles. The fraction of sp³-hybridized carbons (Fsp3) is 0.571. The summed E-state index contributed by atoms with van der Waals surface area (Å²) < 4.78 is 0. The fourth-order valence-electron chi connectivity index (χ4n) is 2.06. The van der Waals surface area contributed by atoms with Crippen molar-refractivity contribution in [3.05, 3.63) is 28.8 Å². The third kappa shape index (κ3) is 3.90. The van der Waals surface area contributed by atoms with Gasteiger partial charge in [-0.05, 0) is 51.1 Å². The van der Waals surface area contributed by atoms with Crippen molar-refractivity contribution in [2.75, 3.05) is 18.5 Å². The Balaban J connectivity index is 3.07. The van der Waals surface area contributed by atoms with Gasteiger partial charge < -0.3 is 10.2 Å². The minimum absolute atomic E-state index is 0.506. The second kappa shape index (κ2) is 6.87. The highest BCUT2D eigenvalue weighted by atomic mass is 35.5. The van der Waals surface area contributed by atoms with Gasteiger partial charge in [-0.2, -0.15) is 0 Å². The first kappa shape index (κ1) is 14.3. The molecule has 0 bridgehead atoms. The highest BCUT2D eigenvalue weighted by molar-refractivity contribution is 6.30. The molecule has 0 aliphatic heterocycles. The predicted molar refractivity (Wildman–Crippen MR) is 77.0 cm³/mol. The van der Waals surface area contributed by atoms with Crippen molar-refractivity contribution < 1.29 is 0 Å². The molecule has 1 aromatic rings. The number of nitrogens with zero attached hydrogens (tertiary/aromatic N) is 1. The second-order valence-corrected chi connectivity index (χ2v) is 5.03. The van der Waals surface area contributed by atoms with Crippen LogP contribution >= 0.6 is 11.6 Å². The van der Waals surface area contributed by atoms with Gasteiger partial charge in [0.1, 0.15) is 0 Å². The number of benzene rings is 1. The van der Waals surface area contributed by atoms with Crippen molar-refractivity contribution in [2.24, 2.45) is 0 Å². The molecule has 96 valence electrons. The van der Waals surface area contributed by atoms with Crippen LogP contribution < -0.4 is 10.2 Å². The summed E-state index contributed by atoms with van der Waals surface area (Å²) in [6, 6.07) is 6.66. The first-order valence-corrected chi connectivity index (χ1v) is 6.67. The van der Waals surface area contributed by atoms with Crippen LogP contribution in [-0.2, 0) is 6.54 Å². The third-order valence-corrected chi connectivity index (χ3v) is 3.04. The summed E-state index contributed by atoms with van der Waals surface area (Å²) in [6.45, 7) is 8.60. The molecule has 0 amide bonds. The number of hydrogen-bond acceptors (Lipinski definition) is 2. The molecule has 0 unspecified atom stereocenters. The third-order valence-electron chi connectivity index (χ3n) is 2.81. The van der Waals surface area contributed by atoms with Gasteiger partial charge in [0.2, 0.25) is 0 Å². The van der Waals surface area contributed by atoms with E-state index in [2.05, 4.69) is 43.1 Å². The molecule has 0 aromatic heterocycles. The fourth-order valence-corrected chi connectivity index (χ4v) is 2.26. The lowest BCUT2D eigenvalue weighted by molar-refractivity contribution is 0.664. The van der Waals surface area contributed by atoms with E-state index in [0.717, 1.165) is 24.5 Å². The van der Waals surface area contributed by atoms with E-state index in [0.29, 0.717) is 6.04 Å². The van der Waals surface area contributed by atoms with Crippen molar-refractivity contribution in [2.45, 2.75) is 39.8 Å². The molecule has 17 heavy (non-hydrogen) atoms. The maximum absolute atomic E-state index is 6.07. The van der Waals surface area contributed by atoms with E-state index in [-0.39, 0.29) is 0 Å². The largest absolute Gasteiger partial charge is 0.369 e. The monoisotopic (exact) mass is 254 g/mol. The van der Waals surface area contributed by atoms with Gasteiger partial charge in [0.15, 0.2) is 0 Å². The molecule has 3 heteroatoms. The summed E-state index contributed by atoms with van der Waals surface area (Å²) in [4.78, 5) is 2.43. The molecular formula is C14H23ClN2. The zero-order chi connectivity index (χ0) is 12.8. The highest BCUT2D eigenvalue weighted by Crippen LogP contribution is 2.26. The van der Waals surface area contributed by atoms with Gasteiger partial charge in [-0.25, -0.2) is 0 Å². The van der Waals surface area contributed by atoms with Crippen molar-refractivity contribution >= 4 is 17.3 Å². The van der Waals surface area contributed by atoms with Crippen LogP contribution in [0.1, 0.15) is 32.8 Å². The Labute approximate surface area is 110 Å². The number of hydrogen-bond donors (Lipinski definition) is 1. The molecule has 0 aliphatic carbocycles. The van der Waals surface area contributed by atoms with Gasteiger partial charge >= 0.3 is 0 Å². The van der Waals surface area contributed by atoms with Crippen LogP contribution in [0.15, 0.2) is 18.2 Å². The highest BCUT2D eigenvalue weighted by Gasteiger charge is 2.13. The Morgan fingerprint density at radius 2 is 2.06 bits per heavy atom. The topological polar surface area (TPSA) is 15.3 Å². The van der Waals surface area contributed by atoms with Gasteiger partial charge in [0, 0.05) is 29.8 Å². The normalized spacial score (nSPS) is 10.9. The summed E-state index contributed by atoms with van der Waals surface area (Å²) in [5.41, 5.74) is 2.56. The number of halogens is 1. The second-order valence-electron chi connectivity index (χ2n) is 4.59. The SMILES string of the molecule is CCCN(c1ccc(Cl)cc1CNC)C(C)C. The first-order chi connectivity index (χ1) is 8.10. The van der Waals surface area contributed by atoms with Crippen LogP contribution in [0.4, 0.5) is 5.69 Å². The number of rotatable bonds is 6. The van der Waals surface area contributed by atoms with E-state index in [4.69, 9.17) is 11.6 Å². The molecule has 0 spiro atoms. The van der Waals surface area contributed by atoms with Crippen molar-refractivity contribution in [1.82, 2.24) is 5.32 Å². The van der Waals surface area contributed by atoms with Crippen molar-refractivity contribution in [1.29, 1.82) is 0 Å². The van der Waals surface area contributed by atoms with Crippen LogP contribution in [0.2, 0.25) is 5.02 Å². The average Bonchev–Trinajstić information content (AvgIpc) is 2.27. The predicted octanol–water partition coefficient (Wildman–Crippen LogP) is 3.68. The van der Waals surface area contributed by atoms with E-state index in [1.54, 1.807) is 0 Å². The lowest BCUT2D eigenvalue weighted by Crippen LogP contribution is -2.32. The number of nitrogens with one attached hydrogen (secondary N) is 1. The first-order valence-electron chi connectivity index (χ1n) is 6.29. The van der Waals surface area contributed by atoms with Crippen LogP contribution in [0.3, 0.4) is 0 Å². The van der Waals surface area contributed by atoms with E-state index in [1.807, 2.05) is 13.1 Å². The van der Waals surface area contributed by atoms with Crippen LogP contribution in [0.25, 0.3) is 0 Å². The summed E-state index contributed by atoms with van der Waals surface area (Å²) in [7, 11) is 1.96. The molecule has 0 fully saturated rings. The zero-order valence-electron chi connectivity index (χ0n) is 11.3. The van der Waals surface area contributed by atoms with Crippen LogP contribution in [0, 0.1) is 0 Å². The maximum Gasteiger partial charge on any atom is 0.0415 e. The molecule has 0 aliphatic rings. The minimum Gasteiger partial charge on any atom is -0.369 e. The maximum atomic E-state index is 6.07. The Kier molecular flexibility index (Phi) is 5.79. The summed E-state index contributed by atoms with van der Waals surface area (Å²) in [6.07, 6.45) is 1.15. The van der Waals surface area contributed by atoms with Gasteiger partial charge in [-0.15, -0.1) is 0 Å². The molecule has 0 saturated carbocycles. The zero-order valence-corrected chi connectivity index (χ0v) is 12.0. The summed E-state index contributed by atoms with van der Waals surface area (Å²) in [5, 5.41) is 4.01. The molecule has 2 nitrogen and oxygen atoms in total. The standard InChI is InChI=1S/C14H23ClN2/c1-5-8-17(11(2)3)14-7-6-13(15)9-12(14)10-16-4/h6-7,9,11,16H,5,8,10H2,1-4H3. The van der Waals surface area contributed by atoms with Gasteiger partial charge in [-0.3, -0.25) is 0 Å². The smallest absolute Gasteiger partial charge is 0.0415 e. The van der Waals surface area contributed by atoms with Gasteiger partial charge in [0.25, 0.3) is 0 Å². The molecule has 0 saturated heterocycles. The van der Waals surface area contributed by atoms with Gasteiger partial charge in [0.05, 0.1) is 0 Å². The van der Waals surface area contributed by atoms with Crippen LogP contribution in [0.5, 0.6) is 0 Å².